The summed E-state index contributed by atoms with van der Waals surface area (Å²) in [6, 6.07) is 4.93. The zero-order chi connectivity index (χ0) is 17.0. The second-order valence-corrected chi connectivity index (χ2v) is 6.39. The van der Waals surface area contributed by atoms with Crippen molar-refractivity contribution in [2.24, 2.45) is 0 Å². The Morgan fingerprint density at radius 1 is 1.52 bits per heavy atom. The molecular formula is C16H15BrClF2NO2. The lowest BCUT2D eigenvalue weighted by atomic mass is 10.0. The van der Waals surface area contributed by atoms with E-state index >= 15 is 0 Å². The van der Waals surface area contributed by atoms with Gasteiger partial charge in [0, 0.05) is 11.3 Å². The van der Waals surface area contributed by atoms with Crippen LogP contribution >= 0.6 is 27.5 Å². The molecule has 124 valence electrons. The first-order chi connectivity index (χ1) is 10.9. The highest BCUT2D eigenvalue weighted by atomic mass is 79.9. The van der Waals surface area contributed by atoms with E-state index in [2.05, 4.69) is 22.5 Å². The predicted molar refractivity (Wildman–Crippen MR) is 90.2 cm³/mol. The van der Waals surface area contributed by atoms with Gasteiger partial charge in [-0.05, 0) is 24.6 Å². The molecule has 3 nitrogen and oxygen atoms in total. The van der Waals surface area contributed by atoms with E-state index in [-0.39, 0.29) is 0 Å². The molecule has 1 aliphatic heterocycles. The van der Waals surface area contributed by atoms with Crippen LogP contribution in [0.5, 0.6) is 5.75 Å². The van der Waals surface area contributed by atoms with E-state index in [1.54, 1.807) is 30.4 Å². The molecule has 2 rings (SSSR count). The Morgan fingerprint density at radius 2 is 2.26 bits per heavy atom. The zero-order valence-corrected chi connectivity index (χ0v) is 14.5. The monoisotopic (exact) mass is 405 g/mol. The summed E-state index contributed by atoms with van der Waals surface area (Å²) in [5, 5.41) is 0.331. The number of ether oxygens (including phenoxy) is 1. The number of amides is 1. The molecule has 7 heteroatoms. The number of hydrogen-bond acceptors (Lipinski definition) is 2. The fourth-order valence-corrected chi connectivity index (χ4v) is 2.95. The first-order valence-corrected chi connectivity index (χ1v) is 8.20. The summed E-state index contributed by atoms with van der Waals surface area (Å²) in [6.45, 7) is 3.22. The van der Waals surface area contributed by atoms with E-state index < -0.39 is 23.7 Å². The van der Waals surface area contributed by atoms with E-state index in [1.807, 2.05) is 0 Å². The molecule has 23 heavy (non-hydrogen) atoms. The fraction of sp³-hybridized carbons (Fsp3) is 0.312. The topological polar surface area (TPSA) is 29.5 Å². The normalized spacial score (nSPS) is 18.1. The average molecular weight is 407 g/mol. The Bertz CT molecular complexity index is 637. The fourth-order valence-electron chi connectivity index (χ4n) is 2.24. The molecule has 1 aromatic rings. The first-order valence-electron chi connectivity index (χ1n) is 6.91. The first kappa shape index (κ1) is 17.9. The van der Waals surface area contributed by atoms with Crippen molar-refractivity contribution in [1.29, 1.82) is 0 Å². The van der Waals surface area contributed by atoms with Gasteiger partial charge in [-0.25, -0.2) is 8.78 Å². The molecule has 0 radical (unpaired) electrons. The van der Waals surface area contributed by atoms with Gasteiger partial charge in [0.25, 0.3) is 6.43 Å². The van der Waals surface area contributed by atoms with Crippen LogP contribution in [0.25, 0.3) is 5.70 Å². The summed E-state index contributed by atoms with van der Waals surface area (Å²) in [4.78, 5) is 12.8. The number of halogens is 4. The zero-order valence-electron chi connectivity index (χ0n) is 12.1. The summed E-state index contributed by atoms with van der Waals surface area (Å²) in [5.74, 6) is 0.144. The van der Waals surface area contributed by atoms with Crippen LogP contribution in [0.1, 0.15) is 12.0 Å². The van der Waals surface area contributed by atoms with Crippen molar-refractivity contribution in [2.75, 3.05) is 13.2 Å². The number of rotatable bonds is 6. The maximum absolute atomic E-state index is 12.8. The Labute approximate surface area is 146 Å². The van der Waals surface area contributed by atoms with Crippen molar-refractivity contribution in [2.45, 2.75) is 17.7 Å². The number of hydrogen-bond donors (Lipinski definition) is 0. The molecule has 0 saturated carbocycles. The Hall–Kier alpha value is -1.40. The Morgan fingerprint density at radius 3 is 2.87 bits per heavy atom. The van der Waals surface area contributed by atoms with E-state index in [0.717, 1.165) is 4.90 Å². The maximum Gasteiger partial charge on any atom is 0.256 e. The van der Waals surface area contributed by atoms with Gasteiger partial charge in [0.05, 0.1) is 16.4 Å². The Kier molecular flexibility index (Phi) is 6.18. The van der Waals surface area contributed by atoms with E-state index in [4.69, 9.17) is 16.3 Å². The van der Waals surface area contributed by atoms with Gasteiger partial charge in [0.2, 0.25) is 5.91 Å². The molecule has 1 atom stereocenters. The predicted octanol–water partition coefficient (Wildman–Crippen LogP) is 4.51. The highest BCUT2D eigenvalue weighted by Gasteiger charge is 2.32. The average Bonchev–Trinajstić information content (AvgIpc) is 2.50. The Balaban J connectivity index is 2.34. The highest BCUT2D eigenvalue weighted by molar-refractivity contribution is 9.10. The number of benzene rings is 1. The van der Waals surface area contributed by atoms with Crippen LogP contribution in [0.2, 0.25) is 5.02 Å². The van der Waals surface area contributed by atoms with Gasteiger partial charge in [0.15, 0.2) is 0 Å². The van der Waals surface area contributed by atoms with E-state index in [9.17, 15) is 13.6 Å². The van der Waals surface area contributed by atoms with Crippen LogP contribution < -0.4 is 4.74 Å². The number of nitrogens with zero attached hydrogens (tertiary/aromatic N) is 1. The molecule has 1 heterocycles. The number of carbonyl (C=O) groups is 1. The SMILES string of the molecule is C=CCOc1ccc(C2=CCC(Br)C(=O)N2CC(F)F)c(Cl)c1. The van der Waals surface area contributed by atoms with Crippen LogP contribution in [0.3, 0.4) is 0 Å². The van der Waals surface area contributed by atoms with Crippen LogP contribution in [0.4, 0.5) is 8.78 Å². The number of alkyl halides is 3. The standard InChI is InChI=1S/C16H15BrClF2NO2/c1-2-7-23-10-3-4-11(13(18)8-10)14-6-5-12(17)16(22)21(14)9-15(19)20/h2-4,6,8,12,15H,1,5,7,9H2. The van der Waals surface area contributed by atoms with Gasteiger partial charge in [-0.1, -0.05) is 46.3 Å². The smallest absolute Gasteiger partial charge is 0.256 e. The molecule has 1 aromatic carbocycles. The van der Waals surface area contributed by atoms with Gasteiger partial charge >= 0.3 is 0 Å². The van der Waals surface area contributed by atoms with Crippen molar-refractivity contribution in [3.63, 3.8) is 0 Å². The largest absolute Gasteiger partial charge is 0.490 e. The van der Waals surface area contributed by atoms with Crippen molar-refractivity contribution in [1.82, 2.24) is 4.90 Å². The maximum atomic E-state index is 12.8. The summed E-state index contributed by atoms with van der Waals surface area (Å²) < 4.78 is 31.0. The lowest BCUT2D eigenvalue weighted by molar-refractivity contribution is -0.129. The third-order valence-electron chi connectivity index (χ3n) is 3.25. The minimum Gasteiger partial charge on any atom is -0.490 e. The lowest BCUT2D eigenvalue weighted by Gasteiger charge is -2.31. The third kappa shape index (κ3) is 4.32. The number of carbonyl (C=O) groups excluding carboxylic acids is 1. The molecule has 0 saturated heterocycles. The third-order valence-corrected chi connectivity index (χ3v) is 4.33. The molecule has 0 N–H and O–H groups in total. The van der Waals surface area contributed by atoms with Crippen LogP contribution in [-0.2, 0) is 4.79 Å². The van der Waals surface area contributed by atoms with Gasteiger partial charge in [0.1, 0.15) is 12.4 Å². The number of allylic oxidation sites excluding steroid dienone is 1. The molecule has 0 bridgehead atoms. The molecule has 1 aliphatic rings. The van der Waals surface area contributed by atoms with Crippen LogP contribution in [0, 0.1) is 0 Å². The van der Waals surface area contributed by atoms with Crippen molar-refractivity contribution >= 4 is 39.1 Å². The molecule has 0 spiro atoms. The van der Waals surface area contributed by atoms with Gasteiger partial charge in [-0.3, -0.25) is 4.79 Å². The lowest BCUT2D eigenvalue weighted by Crippen LogP contribution is -2.41. The highest BCUT2D eigenvalue weighted by Crippen LogP contribution is 2.34. The second-order valence-electron chi connectivity index (χ2n) is 4.87. The van der Waals surface area contributed by atoms with Crippen molar-refractivity contribution in [3.8, 4) is 5.75 Å². The summed E-state index contributed by atoms with van der Waals surface area (Å²) >= 11 is 9.44. The van der Waals surface area contributed by atoms with Crippen LogP contribution in [-0.4, -0.2) is 35.2 Å². The van der Waals surface area contributed by atoms with E-state index in [1.165, 1.54) is 0 Å². The van der Waals surface area contributed by atoms with Gasteiger partial charge < -0.3 is 9.64 Å². The molecule has 0 aromatic heterocycles. The quantitative estimate of drug-likeness (QED) is 0.514. The van der Waals surface area contributed by atoms with E-state index in [0.29, 0.717) is 35.1 Å². The summed E-state index contributed by atoms with van der Waals surface area (Å²) in [6.07, 6.45) is 1.12. The molecule has 1 unspecified atom stereocenters. The molecule has 0 fully saturated rings. The van der Waals surface area contributed by atoms with Gasteiger partial charge in [-0.2, -0.15) is 0 Å². The van der Waals surface area contributed by atoms with Crippen LogP contribution in [0.15, 0.2) is 36.9 Å². The molecular weight excluding hydrogens is 392 g/mol. The second kappa shape index (κ2) is 7.93. The van der Waals surface area contributed by atoms with Crippen molar-refractivity contribution < 1.29 is 18.3 Å². The summed E-state index contributed by atoms with van der Waals surface area (Å²) in [7, 11) is 0. The molecule has 0 aliphatic carbocycles. The molecule has 1 amide bonds. The minimum atomic E-state index is -2.63. The van der Waals surface area contributed by atoms with Gasteiger partial charge in [-0.15, -0.1) is 0 Å². The minimum absolute atomic E-state index is 0.331. The summed E-state index contributed by atoms with van der Waals surface area (Å²) in [5.41, 5.74) is 0.914. The van der Waals surface area contributed by atoms with Crippen molar-refractivity contribution in [3.05, 3.63) is 47.5 Å².